The van der Waals surface area contributed by atoms with E-state index < -0.39 is 26.9 Å². The molecule has 2 atom stereocenters. The van der Waals surface area contributed by atoms with Gasteiger partial charge in [0.05, 0.1) is 22.9 Å². The van der Waals surface area contributed by atoms with Crippen molar-refractivity contribution in [3.8, 4) is 0 Å². The van der Waals surface area contributed by atoms with Crippen LogP contribution in [0.5, 0.6) is 0 Å². The lowest BCUT2D eigenvalue weighted by molar-refractivity contribution is -0.384. The lowest BCUT2D eigenvalue weighted by atomic mass is 9.99. The van der Waals surface area contributed by atoms with Gasteiger partial charge < -0.3 is 5.32 Å². The maximum Gasteiger partial charge on any atom is 0.271 e. The number of benzene rings is 2. The maximum absolute atomic E-state index is 13.1. The highest BCUT2D eigenvalue weighted by molar-refractivity contribution is 7.92. The third-order valence-corrected chi connectivity index (χ3v) is 6.62. The van der Waals surface area contributed by atoms with E-state index in [1.165, 1.54) is 25.1 Å². The Morgan fingerprint density at radius 2 is 1.71 bits per heavy atom. The fraction of sp³-hybridized carbons (Fsp3) is 0.409. The molecule has 31 heavy (non-hydrogen) atoms. The molecule has 0 saturated heterocycles. The van der Waals surface area contributed by atoms with Crippen LogP contribution in [-0.2, 0) is 14.8 Å². The molecule has 0 heterocycles. The van der Waals surface area contributed by atoms with Crippen LogP contribution in [0.25, 0.3) is 0 Å². The van der Waals surface area contributed by atoms with Crippen molar-refractivity contribution in [1.29, 1.82) is 0 Å². The van der Waals surface area contributed by atoms with Crippen molar-refractivity contribution < 1.29 is 18.1 Å². The van der Waals surface area contributed by atoms with E-state index in [9.17, 15) is 23.3 Å². The number of anilines is 1. The summed E-state index contributed by atoms with van der Waals surface area (Å²) in [5.74, 6) is -0.485. The van der Waals surface area contributed by atoms with Gasteiger partial charge in [-0.25, -0.2) is 8.42 Å². The minimum atomic E-state index is -3.90. The Labute approximate surface area is 183 Å². The molecule has 2 unspecified atom stereocenters. The van der Waals surface area contributed by atoms with Gasteiger partial charge in [0.15, 0.2) is 0 Å². The van der Waals surface area contributed by atoms with E-state index >= 15 is 0 Å². The molecule has 0 aliphatic rings. The molecule has 0 fully saturated rings. The maximum atomic E-state index is 13.1. The summed E-state index contributed by atoms with van der Waals surface area (Å²) in [5, 5.41) is 14.1. The third-order valence-electron chi connectivity index (χ3n) is 5.39. The third kappa shape index (κ3) is 5.61. The molecule has 0 aromatic heterocycles. The quantitative estimate of drug-likeness (QED) is 0.487. The van der Waals surface area contributed by atoms with Gasteiger partial charge in [0.2, 0.25) is 15.9 Å². The predicted molar refractivity (Wildman–Crippen MR) is 122 cm³/mol. The number of sulfonamides is 1. The number of nitrogens with zero attached hydrogens (tertiary/aromatic N) is 2. The van der Waals surface area contributed by atoms with E-state index in [0.717, 1.165) is 27.3 Å². The summed E-state index contributed by atoms with van der Waals surface area (Å²) in [4.78, 5) is 23.7. The van der Waals surface area contributed by atoms with E-state index in [2.05, 4.69) is 5.32 Å². The minimum absolute atomic E-state index is 0.110. The molecule has 0 bridgehead atoms. The van der Waals surface area contributed by atoms with Crippen molar-refractivity contribution in [3.05, 3.63) is 68.8 Å². The van der Waals surface area contributed by atoms with Crippen LogP contribution in [-0.4, -0.2) is 31.5 Å². The SMILES string of the molecule is CCC(NC(=O)C(C)N(c1cc([N+](=O)[O-])ccc1C)S(C)(=O)=O)c1ccc(C)c(C)c1. The fourth-order valence-electron chi connectivity index (χ4n) is 3.42. The highest BCUT2D eigenvalue weighted by atomic mass is 32.2. The van der Waals surface area contributed by atoms with Crippen molar-refractivity contribution in [1.82, 2.24) is 5.32 Å². The highest BCUT2D eigenvalue weighted by Crippen LogP contribution is 2.30. The summed E-state index contributed by atoms with van der Waals surface area (Å²) in [5.41, 5.74) is 3.55. The first-order valence-electron chi connectivity index (χ1n) is 9.98. The number of carbonyl (C=O) groups excluding carboxylic acids is 1. The fourth-order valence-corrected chi connectivity index (χ4v) is 4.65. The predicted octanol–water partition coefficient (Wildman–Crippen LogP) is 3.94. The Morgan fingerprint density at radius 1 is 1.10 bits per heavy atom. The Balaban J connectivity index is 2.40. The van der Waals surface area contributed by atoms with Crippen molar-refractivity contribution in [2.24, 2.45) is 0 Å². The first-order chi connectivity index (χ1) is 14.4. The van der Waals surface area contributed by atoms with Crippen LogP contribution < -0.4 is 9.62 Å². The molecule has 1 amide bonds. The van der Waals surface area contributed by atoms with Gasteiger partial charge in [0.1, 0.15) is 6.04 Å². The van der Waals surface area contributed by atoms with Gasteiger partial charge in [0.25, 0.3) is 5.69 Å². The van der Waals surface area contributed by atoms with Gasteiger partial charge in [0, 0.05) is 12.1 Å². The molecule has 2 aromatic carbocycles. The molecule has 168 valence electrons. The van der Waals surface area contributed by atoms with Crippen molar-refractivity contribution >= 4 is 27.3 Å². The van der Waals surface area contributed by atoms with Crippen LogP contribution in [0.3, 0.4) is 0 Å². The van der Waals surface area contributed by atoms with Crippen LogP contribution in [0.15, 0.2) is 36.4 Å². The van der Waals surface area contributed by atoms with Crippen LogP contribution in [0, 0.1) is 30.9 Å². The normalized spacial score (nSPS) is 13.4. The number of nitro benzene ring substituents is 1. The second-order valence-electron chi connectivity index (χ2n) is 7.78. The first-order valence-corrected chi connectivity index (χ1v) is 11.8. The Bertz CT molecular complexity index is 1100. The molecule has 0 aliphatic heterocycles. The molecule has 1 N–H and O–H groups in total. The van der Waals surface area contributed by atoms with Gasteiger partial charge in [-0.2, -0.15) is 0 Å². The molecular weight excluding hydrogens is 418 g/mol. The highest BCUT2D eigenvalue weighted by Gasteiger charge is 2.32. The van der Waals surface area contributed by atoms with E-state index in [0.29, 0.717) is 12.0 Å². The minimum Gasteiger partial charge on any atom is -0.347 e. The average Bonchev–Trinajstić information content (AvgIpc) is 2.68. The second-order valence-corrected chi connectivity index (χ2v) is 9.64. The number of hydrogen-bond acceptors (Lipinski definition) is 5. The topological polar surface area (TPSA) is 110 Å². The van der Waals surface area contributed by atoms with Crippen molar-refractivity contribution in [2.75, 3.05) is 10.6 Å². The number of rotatable bonds is 8. The summed E-state index contributed by atoms with van der Waals surface area (Å²) in [6.07, 6.45) is 1.60. The summed E-state index contributed by atoms with van der Waals surface area (Å²) in [6, 6.07) is 8.50. The van der Waals surface area contributed by atoms with Gasteiger partial charge >= 0.3 is 0 Å². The zero-order valence-corrected chi connectivity index (χ0v) is 19.5. The molecule has 2 aromatic rings. The van der Waals surface area contributed by atoms with Crippen LogP contribution in [0.2, 0.25) is 0 Å². The lowest BCUT2D eigenvalue weighted by Crippen LogP contribution is -2.48. The van der Waals surface area contributed by atoms with E-state index in [4.69, 9.17) is 0 Å². The number of nitrogens with one attached hydrogen (secondary N) is 1. The van der Waals surface area contributed by atoms with E-state index in [1.807, 2.05) is 39.0 Å². The van der Waals surface area contributed by atoms with Gasteiger partial charge in [-0.1, -0.05) is 31.2 Å². The van der Waals surface area contributed by atoms with Gasteiger partial charge in [-0.3, -0.25) is 19.2 Å². The van der Waals surface area contributed by atoms with E-state index in [1.54, 1.807) is 6.92 Å². The van der Waals surface area contributed by atoms with Gasteiger partial charge in [-0.15, -0.1) is 0 Å². The van der Waals surface area contributed by atoms with Gasteiger partial charge in [-0.05, 0) is 56.4 Å². The number of amides is 1. The smallest absolute Gasteiger partial charge is 0.271 e. The summed E-state index contributed by atoms with van der Waals surface area (Å²) >= 11 is 0. The molecule has 0 spiro atoms. The molecular formula is C22H29N3O5S. The molecule has 0 saturated carbocycles. The van der Waals surface area contributed by atoms with Crippen molar-refractivity contribution in [3.63, 3.8) is 0 Å². The summed E-state index contributed by atoms with van der Waals surface area (Å²) in [7, 11) is -3.90. The first kappa shape index (κ1) is 24.3. The summed E-state index contributed by atoms with van der Waals surface area (Å²) in [6.45, 7) is 9.05. The molecule has 9 heteroatoms. The van der Waals surface area contributed by atoms with Crippen molar-refractivity contribution in [2.45, 2.75) is 53.1 Å². The van der Waals surface area contributed by atoms with Crippen LogP contribution in [0.1, 0.15) is 48.6 Å². The number of carbonyl (C=O) groups is 1. The number of nitro groups is 1. The zero-order valence-electron chi connectivity index (χ0n) is 18.7. The number of hydrogen-bond donors (Lipinski definition) is 1. The Kier molecular flexibility index (Phi) is 7.43. The largest absolute Gasteiger partial charge is 0.347 e. The standard InChI is InChI=1S/C22H29N3O5S/c1-7-20(18-10-8-14(2)16(4)12-18)23-22(26)17(5)24(31(6,29)30)21-13-19(25(27)28)11-9-15(21)3/h8-13,17,20H,7H2,1-6H3,(H,23,26). The monoisotopic (exact) mass is 447 g/mol. The number of non-ortho nitro benzene ring substituents is 1. The summed E-state index contributed by atoms with van der Waals surface area (Å²) < 4.78 is 26.1. The van der Waals surface area contributed by atoms with Crippen LogP contribution >= 0.6 is 0 Å². The second kappa shape index (κ2) is 9.47. The average molecular weight is 448 g/mol. The molecule has 0 radical (unpaired) electrons. The Morgan fingerprint density at radius 3 is 2.23 bits per heavy atom. The van der Waals surface area contributed by atoms with Crippen LogP contribution in [0.4, 0.5) is 11.4 Å². The zero-order chi connectivity index (χ0) is 23.5. The Hall–Kier alpha value is -2.94. The number of aryl methyl sites for hydroxylation is 3. The molecule has 8 nitrogen and oxygen atoms in total. The lowest BCUT2D eigenvalue weighted by Gasteiger charge is -2.30. The van der Waals surface area contributed by atoms with E-state index in [-0.39, 0.29) is 17.4 Å². The molecule has 2 rings (SSSR count). The molecule has 0 aliphatic carbocycles.